The van der Waals surface area contributed by atoms with E-state index in [-0.39, 0.29) is 24.0 Å². The summed E-state index contributed by atoms with van der Waals surface area (Å²) in [7, 11) is 0. The summed E-state index contributed by atoms with van der Waals surface area (Å²) in [5, 5.41) is 23.0. The van der Waals surface area contributed by atoms with Crippen molar-refractivity contribution in [2.75, 3.05) is 0 Å². The van der Waals surface area contributed by atoms with Crippen LogP contribution in [0.4, 0.5) is 0 Å². The van der Waals surface area contributed by atoms with Gasteiger partial charge in [-0.05, 0) is 24.6 Å². The maximum atomic E-state index is 11.8. The molecule has 98 valence electrons. The molecule has 0 bridgehead atoms. The van der Waals surface area contributed by atoms with Crippen LogP contribution in [0.5, 0.6) is 11.6 Å². The van der Waals surface area contributed by atoms with Gasteiger partial charge in [0, 0.05) is 23.4 Å². The highest BCUT2D eigenvalue weighted by Gasteiger charge is 2.29. The van der Waals surface area contributed by atoms with E-state index in [4.69, 9.17) is 0 Å². The number of nitrogens with one attached hydrogen (secondary N) is 1. The van der Waals surface area contributed by atoms with Crippen LogP contribution in [0.2, 0.25) is 0 Å². The molecule has 0 saturated carbocycles. The molecule has 1 aliphatic rings. The SMILES string of the molecule is O=C1CCC(n2cc3ccc(O)cc3c2O)C(=O)N1. The van der Waals surface area contributed by atoms with Gasteiger partial charge in [-0.2, -0.15) is 0 Å². The average molecular weight is 260 g/mol. The van der Waals surface area contributed by atoms with Gasteiger partial charge in [-0.3, -0.25) is 14.9 Å². The van der Waals surface area contributed by atoms with E-state index in [2.05, 4.69) is 5.32 Å². The molecule has 6 nitrogen and oxygen atoms in total. The van der Waals surface area contributed by atoms with Crippen molar-refractivity contribution in [3.63, 3.8) is 0 Å². The molecule has 0 aliphatic carbocycles. The fraction of sp³-hybridized carbons (Fsp3) is 0.231. The maximum absolute atomic E-state index is 11.8. The number of phenolic OH excluding ortho intramolecular Hbond substituents is 1. The number of aromatic hydroxyl groups is 2. The predicted octanol–water partition coefficient (Wildman–Crippen LogP) is 1.03. The van der Waals surface area contributed by atoms with Crippen LogP contribution in [0, 0.1) is 0 Å². The minimum absolute atomic E-state index is 0.0452. The van der Waals surface area contributed by atoms with Gasteiger partial charge in [-0.1, -0.05) is 0 Å². The van der Waals surface area contributed by atoms with Crippen LogP contribution in [-0.2, 0) is 9.59 Å². The number of aromatic nitrogens is 1. The van der Waals surface area contributed by atoms with E-state index in [1.54, 1.807) is 12.3 Å². The third kappa shape index (κ3) is 1.81. The van der Waals surface area contributed by atoms with Gasteiger partial charge in [0.2, 0.25) is 11.8 Å². The number of amides is 2. The predicted molar refractivity (Wildman–Crippen MR) is 66.7 cm³/mol. The van der Waals surface area contributed by atoms with Crippen LogP contribution in [0.25, 0.3) is 10.8 Å². The first kappa shape index (κ1) is 11.6. The second-order valence-electron chi connectivity index (χ2n) is 4.60. The number of imide groups is 1. The third-order valence-electron chi connectivity index (χ3n) is 3.35. The van der Waals surface area contributed by atoms with Gasteiger partial charge in [0.15, 0.2) is 5.88 Å². The highest BCUT2D eigenvalue weighted by Crippen LogP contribution is 2.34. The summed E-state index contributed by atoms with van der Waals surface area (Å²) in [5.74, 6) is -0.754. The summed E-state index contributed by atoms with van der Waals surface area (Å²) in [6, 6.07) is 4.00. The molecule has 2 heterocycles. The highest BCUT2D eigenvalue weighted by atomic mass is 16.3. The number of carbonyl (C=O) groups is 2. The molecule has 1 aliphatic heterocycles. The Kier molecular flexibility index (Phi) is 2.45. The number of fused-ring (bicyclic) bond motifs is 1. The smallest absolute Gasteiger partial charge is 0.249 e. The molecule has 1 unspecified atom stereocenters. The standard InChI is InChI=1S/C13H12N2O4/c16-8-2-1-7-6-15(13(19)9(7)5-8)10-3-4-11(17)14-12(10)18/h1-2,5-6,10,16,19H,3-4H2,(H,14,17,18). The first-order valence-corrected chi connectivity index (χ1v) is 5.92. The van der Waals surface area contributed by atoms with E-state index in [1.807, 2.05) is 0 Å². The lowest BCUT2D eigenvalue weighted by molar-refractivity contribution is -0.135. The quantitative estimate of drug-likeness (QED) is 0.668. The molecule has 0 spiro atoms. The molecule has 0 radical (unpaired) electrons. The summed E-state index contributed by atoms with van der Waals surface area (Å²) in [5.41, 5.74) is 0. The van der Waals surface area contributed by atoms with Crippen LogP contribution < -0.4 is 5.32 Å². The van der Waals surface area contributed by atoms with Crippen molar-refractivity contribution in [2.24, 2.45) is 0 Å². The monoisotopic (exact) mass is 260 g/mol. The highest BCUT2D eigenvalue weighted by molar-refractivity contribution is 6.00. The Morgan fingerprint density at radius 1 is 1.26 bits per heavy atom. The molecule has 19 heavy (non-hydrogen) atoms. The minimum Gasteiger partial charge on any atom is -0.508 e. The van der Waals surface area contributed by atoms with Crippen molar-refractivity contribution >= 4 is 22.6 Å². The summed E-state index contributed by atoms with van der Waals surface area (Å²) in [6.07, 6.45) is 2.24. The molecular weight excluding hydrogens is 248 g/mol. The topological polar surface area (TPSA) is 91.6 Å². The molecule has 2 aromatic rings. The molecule has 2 amide bonds. The molecule has 6 heteroatoms. The van der Waals surface area contributed by atoms with Crippen molar-refractivity contribution in [2.45, 2.75) is 18.9 Å². The molecule has 1 saturated heterocycles. The van der Waals surface area contributed by atoms with Gasteiger partial charge in [0.1, 0.15) is 11.8 Å². The van der Waals surface area contributed by atoms with Gasteiger partial charge in [-0.25, -0.2) is 0 Å². The van der Waals surface area contributed by atoms with E-state index in [9.17, 15) is 19.8 Å². The van der Waals surface area contributed by atoms with Crippen molar-refractivity contribution in [1.82, 2.24) is 9.88 Å². The van der Waals surface area contributed by atoms with Crippen LogP contribution in [-0.4, -0.2) is 26.6 Å². The van der Waals surface area contributed by atoms with Gasteiger partial charge in [0.25, 0.3) is 0 Å². The molecule has 1 aromatic carbocycles. The Balaban J connectivity index is 2.08. The zero-order valence-electron chi connectivity index (χ0n) is 9.96. The van der Waals surface area contributed by atoms with E-state index in [0.29, 0.717) is 11.8 Å². The number of hydrogen-bond acceptors (Lipinski definition) is 4. The van der Waals surface area contributed by atoms with E-state index in [1.165, 1.54) is 16.7 Å². The van der Waals surface area contributed by atoms with Crippen LogP contribution in [0.15, 0.2) is 24.4 Å². The molecule has 1 fully saturated rings. The van der Waals surface area contributed by atoms with Gasteiger partial charge in [-0.15, -0.1) is 0 Å². The summed E-state index contributed by atoms with van der Waals surface area (Å²) >= 11 is 0. The zero-order valence-corrected chi connectivity index (χ0v) is 9.96. The maximum Gasteiger partial charge on any atom is 0.249 e. The van der Waals surface area contributed by atoms with Crippen LogP contribution >= 0.6 is 0 Å². The Morgan fingerprint density at radius 3 is 2.79 bits per heavy atom. The van der Waals surface area contributed by atoms with E-state index >= 15 is 0 Å². The van der Waals surface area contributed by atoms with Crippen molar-refractivity contribution in [3.8, 4) is 11.6 Å². The summed E-state index contributed by atoms with van der Waals surface area (Å²) < 4.78 is 1.44. The molecule has 3 rings (SSSR count). The number of carbonyl (C=O) groups excluding carboxylic acids is 2. The number of hydrogen-bond donors (Lipinski definition) is 3. The Hall–Kier alpha value is -2.50. The molecule has 1 atom stereocenters. The average Bonchev–Trinajstić information content (AvgIpc) is 2.67. The van der Waals surface area contributed by atoms with E-state index < -0.39 is 11.9 Å². The Morgan fingerprint density at radius 2 is 2.05 bits per heavy atom. The lowest BCUT2D eigenvalue weighted by atomic mass is 10.1. The lowest BCUT2D eigenvalue weighted by Gasteiger charge is -2.22. The second kappa shape index (κ2) is 4.01. The number of rotatable bonds is 1. The van der Waals surface area contributed by atoms with Crippen molar-refractivity contribution in [3.05, 3.63) is 24.4 Å². The van der Waals surface area contributed by atoms with Gasteiger partial charge < -0.3 is 14.8 Å². The van der Waals surface area contributed by atoms with Crippen molar-refractivity contribution in [1.29, 1.82) is 0 Å². The van der Waals surface area contributed by atoms with Crippen LogP contribution in [0.1, 0.15) is 18.9 Å². The normalized spacial score (nSPS) is 19.7. The number of phenols is 1. The summed E-state index contributed by atoms with van der Waals surface area (Å²) in [6.45, 7) is 0. The second-order valence-corrected chi connectivity index (χ2v) is 4.60. The summed E-state index contributed by atoms with van der Waals surface area (Å²) in [4.78, 5) is 22.9. The first-order chi connectivity index (χ1) is 9.06. The molecular formula is C13H12N2O4. The first-order valence-electron chi connectivity index (χ1n) is 5.92. The van der Waals surface area contributed by atoms with Crippen LogP contribution in [0.3, 0.4) is 0 Å². The largest absolute Gasteiger partial charge is 0.508 e. The Labute approximate surface area is 108 Å². The third-order valence-corrected chi connectivity index (χ3v) is 3.35. The number of piperidine rings is 1. The number of benzene rings is 1. The number of nitrogens with zero attached hydrogens (tertiary/aromatic N) is 1. The molecule has 3 N–H and O–H groups in total. The minimum atomic E-state index is -0.604. The van der Waals surface area contributed by atoms with Gasteiger partial charge >= 0.3 is 0 Å². The fourth-order valence-corrected chi connectivity index (χ4v) is 2.39. The Bertz CT molecular complexity index is 689. The van der Waals surface area contributed by atoms with E-state index in [0.717, 1.165) is 5.39 Å². The van der Waals surface area contributed by atoms with Crippen molar-refractivity contribution < 1.29 is 19.8 Å². The zero-order chi connectivity index (χ0) is 13.6. The molecule has 1 aromatic heterocycles. The fourth-order valence-electron chi connectivity index (χ4n) is 2.39. The van der Waals surface area contributed by atoms with Gasteiger partial charge in [0.05, 0.1) is 0 Å². The lowest BCUT2D eigenvalue weighted by Crippen LogP contribution is -2.41.